The molecule has 0 saturated carbocycles. The van der Waals surface area contributed by atoms with E-state index in [0.29, 0.717) is 18.3 Å². The molecule has 21 heavy (non-hydrogen) atoms. The maximum atomic E-state index is 12.3. The first-order chi connectivity index (χ1) is 10.1. The zero-order chi connectivity index (χ0) is 14.8. The third-order valence-electron chi connectivity index (χ3n) is 4.60. The molecule has 0 aliphatic carbocycles. The van der Waals surface area contributed by atoms with Gasteiger partial charge in [-0.05, 0) is 49.9 Å². The summed E-state index contributed by atoms with van der Waals surface area (Å²) in [7, 11) is 0. The average molecular weight is 287 g/mol. The van der Waals surface area contributed by atoms with Crippen molar-refractivity contribution in [2.24, 2.45) is 5.92 Å². The molecular formula is C17H25N3O. The second-order valence-corrected chi connectivity index (χ2v) is 6.64. The smallest absolute Gasteiger partial charge is 0.228 e. The van der Waals surface area contributed by atoms with Crippen LogP contribution in [0.3, 0.4) is 0 Å². The van der Waals surface area contributed by atoms with Crippen molar-refractivity contribution in [3.63, 3.8) is 0 Å². The number of aromatic nitrogens is 1. The monoisotopic (exact) mass is 287 g/mol. The van der Waals surface area contributed by atoms with Crippen molar-refractivity contribution in [2.75, 3.05) is 31.1 Å². The highest BCUT2D eigenvalue weighted by Gasteiger charge is 2.29. The van der Waals surface area contributed by atoms with E-state index in [1.54, 1.807) is 0 Å². The fourth-order valence-corrected chi connectivity index (χ4v) is 3.13. The van der Waals surface area contributed by atoms with Gasteiger partial charge in [0.2, 0.25) is 5.91 Å². The van der Waals surface area contributed by atoms with E-state index >= 15 is 0 Å². The molecule has 3 heterocycles. The van der Waals surface area contributed by atoms with Gasteiger partial charge in [0.15, 0.2) is 0 Å². The van der Waals surface area contributed by atoms with Crippen LogP contribution in [0.25, 0.3) is 0 Å². The first-order valence-corrected chi connectivity index (χ1v) is 8.13. The van der Waals surface area contributed by atoms with E-state index in [1.807, 2.05) is 23.1 Å². The predicted molar refractivity (Wildman–Crippen MR) is 84.5 cm³/mol. The minimum absolute atomic E-state index is 0.225. The lowest BCUT2D eigenvalue weighted by Gasteiger charge is -2.38. The Hall–Kier alpha value is -1.42. The minimum Gasteiger partial charge on any atom is -0.303 e. The van der Waals surface area contributed by atoms with Crippen LogP contribution in [0.4, 0.5) is 5.82 Å². The molecule has 1 atom stereocenters. The summed E-state index contributed by atoms with van der Waals surface area (Å²) in [5.41, 5.74) is 1.06. The molecule has 0 spiro atoms. The Morgan fingerprint density at radius 1 is 1.33 bits per heavy atom. The highest BCUT2D eigenvalue weighted by atomic mass is 16.2. The van der Waals surface area contributed by atoms with E-state index in [-0.39, 0.29) is 5.91 Å². The summed E-state index contributed by atoms with van der Waals surface area (Å²) in [5.74, 6) is 2.04. The molecule has 2 fully saturated rings. The molecular weight excluding hydrogens is 262 g/mol. The fraction of sp³-hybridized carbons (Fsp3) is 0.647. The van der Waals surface area contributed by atoms with Gasteiger partial charge in [0, 0.05) is 25.2 Å². The zero-order valence-electron chi connectivity index (χ0n) is 13.1. The van der Waals surface area contributed by atoms with Crippen molar-refractivity contribution in [3.8, 4) is 0 Å². The molecule has 2 aliphatic heterocycles. The summed E-state index contributed by atoms with van der Waals surface area (Å²) >= 11 is 0. The third-order valence-corrected chi connectivity index (χ3v) is 4.60. The average Bonchev–Trinajstić information content (AvgIpc) is 2.44. The van der Waals surface area contributed by atoms with Gasteiger partial charge in [-0.1, -0.05) is 19.9 Å². The van der Waals surface area contributed by atoms with Gasteiger partial charge in [-0.25, -0.2) is 4.98 Å². The standard InChI is InChI=1S/C17H25N3O/c1-13(2)15-5-3-6-16(18-15)20-12-14(7-8-17(20)21)11-19-9-4-10-19/h3,5-6,13-14H,4,7-12H2,1-2H3/t14-/m1/s1. The lowest BCUT2D eigenvalue weighted by Crippen LogP contribution is -2.47. The molecule has 4 heteroatoms. The summed E-state index contributed by atoms with van der Waals surface area (Å²) < 4.78 is 0. The Labute approximate surface area is 127 Å². The van der Waals surface area contributed by atoms with E-state index < -0.39 is 0 Å². The first-order valence-electron chi connectivity index (χ1n) is 8.13. The van der Waals surface area contributed by atoms with Crippen molar-refractivity contribution in [3.05, 3.63) is 23.9 Å². The van der Waals surface area contributed by atoms with Crippen LogP contribution in [0.15, 0.2) is 18.2 Å². The largest absolute Gasteiger partial charge is 0.303 e. The van der Waals surface area contributed by atoms with Crippen LogP contribution in [0.2, 0.25) is 0 Å². The molecule has 114 valence electrons. The summed E-state index contributed by atoms with van der Waals surface area (Å²) in [6.07, 6.45) is 3.01. The zero-order valence-corrected chi connectivity index (χ0v) is 13.1. The van der Waals surface area contributed by atoms with E-state index in [0.717, 1.165) is 31.0 Å². The Bertz CT molecular complexity index is 511. The number of anilines is 1. The molecule has 3 rings (SSSR count). The molecule has 0 aromatic carbocycles. The molecule has 0 bridgehead atoms. The predicted octanol–water partition coefficient (Wildman–Crippen LogP) is 2.65. The van der Waals surface area contributed by atoms with Crippen LogP contribution in [0.1, 0.15) is 44.7 Å². The van der Waals surface area contributed by atoms with Gasteiger partial charge in [0.05, 0.1) is 0 Å². The molecule has 4 nitrogen and oxygen atoms in total. The van der Waals surface area contributed by atoms with E-state index in [9.17, 15) is 4.79 Å². The van der Waals surface area contributed by atoms with Crippen LogP contribution in [-0.2, 0) is 4.79 Å². The summed E-state index contributed by atoms with van der Waals surface area (Å²) in [5, 5.41) is 0. The van der Waals surface area contributed by atoms with Gasteiger partial charge in [-0.3, -0.25) is 9.69 Å². The molecule has 1 aromatic rings. The van der Waals surface area contributed by atoms with Crippen LogP contribution in [0.5, 0.6) is 0 Å². The van der Waals surface area contributed by atoms with E-state index in [2.05, 4.69) is 23.7 Å². The Balaban J connectivity index is 1.72. The highest BCUT2D eigenvalue weighted by molar-refractivity contribution is 5.93. The van der Waals surface area contributed by atoms with Crippen molar-refractivity contribution < 1.29 is 4.79 Å². The Morgan fingerprint density at radius 2 is 2.14 bits per heavy atom. The number of carbonyl (C=O) groups is 1. The number of piperidine rings is 1. The van der Waals surface area contributed by atoms with Crippen LogP contribution >= 0.6 is 0 Å². The third kappa shape index (κ3) is 3.26. The van der Waals surface area contributed by atoms with Crippen LogP contribution < -0.4 is 4.90 Å². The second-order valence-electron chi connectivity index (χ2n) is 6.64. The van der Waals surface area contributed by atoms with Gasteiger partial charge in [0.1, 0.15) is 5.82 Å². The quantitative estimate of drug-likeness (QED) is 0.854. The van der Waals surface area contributed by atoms with E-state index in [1.165, 1.54) is 19.5 Å². The number of amides is 1. The maximum Gasteiger partial charge on any atom is 0.228 e. The summed E-state index contributed by atoms with van der Waals surface area (Å²) in [6, 6.07) is 6.03. The van der Waals surface area contributed by atoms with E-state index in [4.69, 9.17) is 0 Å². The molecule has 0 N–H and O–H groups in total. The molecule has 2 saturated heterocycles. The first kappa shape index (κ1) is 14.5. The number of hydrogen-bond donors (Lipinski definition) is 0. The van der Waals surface area contributed by atoms with Crippen LogP contribution in [-0.4, -0.2) is 42.0 Å². The number of nitrogens with zero attached hydrogens (tertiary/aromatic N) is 3. The highest BCUT2D eigenvalue weighted by Crippen LogP contribution is 2.25. The number of carbonyl (C=O) groups excluding carboxylic acids is 1. The summed E-state index contributed by atoms with van der Waals surface area (Å²) in [4.78, 5) is 21.3. The van der Waals surface area contributed by atoms with Gasteiger partial charge in [0.25, 0.3) is 0 Å². The number of hydrogen-bond acceptors (Lipinski definition) is 3. The molecule has 0 radical (unpaired) electrons. The van der Waals surface area contributed by atoms with Crippen molar-refractivity contribution in [1.82, 2.24) is 9.88 Å². The lowest BCUT2D eigenvalue weighted by molar-refractivity contribution is -0.120. The van der Waals surface area contributed by atoms with Gasteiger partial charge >= 0.3 is 0 Å². The second kappa shape index (κ2) is 6.14. The molecule has 2 aliphatic rings. The summed E-state index contributed by atoms with van der Waals surface area (Å²) in [6.45, 7) is 8.68. The van der Waals surface area contributed by atoms with Crippen molar-refractivity contribution in [1.29, 1.82) is 0 Å². The van der Waals surface area contributed by atoms with Crippen molar-refractivity contribution in [2.45, 2.75) is 39.0 Å². The Kier molecular flexibility index (Phi) is 4.24. The molecule has 0 unspecified atom stereocenters. The number of likely N-dealkylation sites (tertiary alicyclic amines) is 1. The van der Waals surface area contributed by atoms with Gasteiger partial charge in [-0.2, -0.15) is 0 Å². The topological polar surface area (TPSA) is 36.4 Å². The van der Waals surface area contributed by atoms with Gasteiger partial charge in [-0.15, -0.1) is 0 Å². The number of pyridine rings is 1. The molecule has 1 amide bonds. The molecule has 1 aromatic heterocycles. The van der Waals surface area contributed by atoms with Crippen LogP contribution in [0, 0.1) is 5.92 Å². The maximum absolute atomic E-state index is 12.3. The fourth-order valence-electron chi connectivity index (χ4n) is 3.13. The Morgan fingerprint density at radius 3 is 2.81 bits per heavy atom. The van der Waals surface area contributed by atoms with Gasteiger partial charge < -0.3 is 4.90 Å². The minimum atomic E-state index is 0.225. The SMILES string of the molecule is CC(C)c1cccc(N2C[C@@H](CN3CCC3)CCC2=O)n1. The number of rotatable bonds is 4. The lowest BCUT2D eigenvalue weighted by atomic mass is 9.95. The van der Waals surface area contributed by atoms with Crippen molar-refractivity contribution >= 4 is 11.7 Å². The normalized spacial score (nSPS) is 23.5.